The summed E-state index contributed by atoms with van der Waals surface area (Å²) in [7, 11) is 0. The number of carbonyl (C=O) groups excluding carboxylic acids is 2. The molecule has 14 heavy (non-hydrogen) atoms. The molecule has 2 N–H and O–H groups in total. The smallest absolute Gasteiger partial charge is 0.328 e. The summed E-state index contributed by atoms with van der Waals surface area (Å²) in [6.45, 7) is 1.30. The molecule has 0 aromatic heterocycles. The molecule has 0 aromatic rings. The fourth-order valence-electron chi connectivity index (χ4n) is 1.81. The number of cyclic esters (lactones) is 1. The van der Waals surface area contributed by atoms with Crippen LogP contribution >= 0.6 is 0 Å². The maximum Gasteiger partial charge on any atom is 0.328 e. The third-order valence-corrected chi connectivity index (χ3v) is 2.63. The molecule has 0 saturated carbocycles. The molecule has 0 aliphatic carbocycles. The number of esters is 1. The van der Waals surface area contributed by atoms with E-state index in [-0.39, 0.29) is 17.9 Å². The van der Waals surface area contributed by atoms with Crippen LogP contribution in [0.3, 0.4) is 0 Å². The molecule has 2 fully saturated rings. The predicted molar refractivity (Wildman–Crippen MR) is 48.5 cm³/mol. The Kier molecular flexibility index (Phi) is 2.67. The van der Waals surface area contributed by atoms with Crippen molar-refractivity contribution in [2.75, 3.05) is 13.2 Å². The van der Waals surface area contributed by atoms with Crippen LogP contribution in [0.4, 0.5) is 0 Å². The number of hydrogen-bond acceptors (Lipinski definition) is 4. The van der Waals surface area contributed by atoms with Crippen molar-refractivity contribution in [1.82, 2.24) is 10.6 Å². The Bertz CT molecular complexity index is 248. The van der Waals surface area contributed by atoms with Gasteiger partial charge in [0.1, 0.15) is 6.04 Å². The second kappa shape index (κ2) is 3.96. The van der Waals surface area contributed by atoms with E-state index in [0.717, 1.165) is 19.4 Å². The van der Waals surface area contributed by atoms with Crippen LogP contribution in [0.2, 0.25) is 0 Å². The molecule has 1 amide bonds. The minimum atomic E-state index is -0.426. The number of rotatable bonds is 2. The lowest BCUT2D eigenvalue weighted by Crippen LogP contribution is -2.46. The van der Waals surface area contributed by atoms with Crippen LogP contribution in [0.1, 0.15) is 19.3 Å². The van der Waals surface area contributed by atoms with Gasteiger partial charge in [-0.05, 0) is 19.4 Å². The molecule has 2 aliphatic rings. The van der Waals surface area contributed by atoms with Crippen LogP contribution < -0.4 is 10.6 Å². The maximum atomic E-state index is 11.6. The molecule has 5 heteroatoms. The van der Waals surface area contributed by atoms with Gasteiger partial charge in [0.2, 0.25) is 5.91 Å². The van der Waals surface area contributed by atoms with Crippen LogP contribution in [-0.2, 0) is 14.3 Å². The Hall–Kier alpha value is -1.10. The zero-order valence-electron chi connectivity index (χ0n) is 7.91. The molecule has 2 rings (SSSR count). The fourth-order valence-corrected chi connectivity index (χ4v) is 1.81. The van der Waals surface area contributed by atoms with Crippen LogP contribution in [0.25, 0.3) is 0 Å². The SMILES string of the molecule is O=C1OCCC1NC(=O)[C@@H]1CCCN1. The molecular weight excluding hydrogens is 184 g/mol. The largest absolute Gasteiger partial charge is 0.464 e. The number of hydrogen-bond donors (Lipinski definition) is 2. The van der Waals surface area contributed by atoms with Crippen molar-refractivity contribution in [2.45, 2.75) is 31.3 Å². The van der Waals surface area contributed by atoms with Gasteiger partial charge in [0, 0.05) is 6.42 Å². The van der Waals surface area contributed by atoms with Gasteiger partial charge in [0.25, 0.3) is 0 Å². The Morgan fingerprint density at radius 2 is 2.36 bits per heavy atom. The van der Waals surface area contributed by atoms with Gasteiger partial charge in [-0.3, -0.25) is 4.79 Å². The number of nitrogens with one attached hydrogen (secondary N) is 2. The van der Waals surface area contributed by atoms with E-state index in [1.165, 1.54) is 0 Å². The van der Waals surface area contributed by atoms with E-state index in [4.69, 9.17) is 4.74 Å². The van der Waals surface area contributed by atoms with Crippen LogP contribution in [0, 0.1) is 0 Å². The maximum absolute atomic E-state index is 11.6. The first-order valence-corrected chi connectivity index (χ1v) is 4.98. The van der Waals surface area contributed by atoms with Gasteiger partial charge >= 0.3 is 5.97 Å². The van der Waals surface area contributed by atoms with Crippen molar-refractivity contribution < 1.29 is 14.3 Å². The third-order valence-electron chi connectivity index (χ3n) is 2.63. The highest BCUT2D eigenvalue weighted by molar-refractivity contribution is 5.88. The third kappa shape index (κ3) is 1.87. The first-order chi connectivity index (χ1) is 6.77. The highest BCUT2D eigenvalue weighted by Gasteiger charge is 2.31. The lowest BCUT2D eigenvalue weighted by atomic mass is 10.2. The summed E-state index contributed by atoms with van der Waals surface area (Å²) in [5, 5.41) is 5.78. The van der Waals surface area contributed by atoms with Crippen LogP contribution in [-0.4, -0.2) is 37.1 Å². The zero-order chi connectivity index (χ0) is 9.97. The number of carbonyl (C=O) groups is 2. The lowest BCUT2D eigenvalue weighted by molar-refractivity contribution is -0.141. The molecule has 0 bridgehead atoms. The van der Waals surface area contributed by atoms with Crippen molar-refractivity contribution in [2.24, 2.45) is 0 Å². The molecule has 0 spiro atoms. The van der Waals surface area contributed by atoms with Crippen molar-refractivity contribution in [3.63, 3.8) is 0 Å². The molecule has 2 heterocycles. The molecule has 0 aromatic carbocycles. The zero-order valence-corrected chi connectivity index (χ0v) is 7.91. The van der Waals surface area contributed by atoms with Crippen molar-refractivity contribution >= 4 is 11.9 Å². The fraction of sp³-hybridized carbons (Fsp3) is 0.778. The average Bonchev–Trinajstić information content (AvgIpc) is 2.77. The second-order valence-corrected chi connectivity index (χ2v) is 3.67. The first-order valence-electron chi connectivity index (χ1n) is 4.98. The summed E-state index contributed by atoms with van der Waals surface area (Å²) in [6.07, 6.45) is 2.47. The minimum Gasteiger partial charge on any atom is -0.464 e. The van der Waals surface area contributed by atoms with E-state index in [0.29, 0.717) is 13.0 Å². The topological polar surface area (TPSA) is 67.4 Å². The van der Waals surface area contributed by atoms with Crippen molar-refractivity contribution in [1.29, 1.82) is 0 Å². The van der Waals surface area contributed by atoms with Gasteiger partial charge in [-0.2, -0.15) is 0 Å². The molecule has 2 aliphatic heterocycles. The van der Waals surface area contributed by atoms with Gasteiger partial charge in [-0.25, -0.2) is 4.79 Å². The standard InChI is InChI=1S/C9H14N2O3/c12-8(6-2-1-4-10-6)11-7-3-5-14-9(7)13/h6-7,10H,1-5H2,(H,11,12)/t6-,7?/m0/s1. The lowest BCUT2D eigenvalue weighted by Gasteiger charge is -2.13. The van der Waals surface area contributed by atoms with E-state index in [9.17, 15) is 9.59 Å². The average molecular weight is 198 g/mol. The molecule has 1 unspecified atom stereocenters. The molecule has 2 atom stereocenters. The van der Waals surface area contributed by atoms with E-state index >= 15 is 0 Å². The predicted octanol–water partition coefficient (Wildman–Crippen LogP) is -0.830. The highest BCUT2D eigenvalue weighted by atomic mass is 16.5. The van der Waals surface area contributed by atoms with Gasteiger partial charge in [0.15, 0.2) is 0 Å². The second-order valence-electron chi connectivity index (χ2n) is 3.67. The van der Waals surface area contributed by atoms with Crippen molar-refractivity contribution in [3.05, 3.63) is 0 Å². The quantitative estimate of drug-likeness (QED) is 0.568. The summed E-state index contributed by atoms with van der Waals surface area (Å²) in [6, 6.07) is -0.548. The number of amides is 1. The highest BCUT2D eigenvalue weighted by Crippen LogP contribution is 2.09. The molecule has 78 valence electrons. The van der Waals surface area contributed by atoms with Gasteiger partial charge < -0.3 is 15.4 Å². The molecule has 2 saturated heterocycles. The summed E-state index contributed by atoms with van der Waals surface area (Å²) >= 11 is 0. The first kappa shape index (κ1) is 9.45. The summed E-state index contributed by atoms with van der Waals surface area (Å²) in [5.74, 6) is -0.386. The Morgan fingerprint density at radius 3 is 2.93 bits per heavy atom. The number of ether oxygens (including phenoxy) is 1. The van der Waals surface area contributed by atoms with Crippen LogP contribution in [0.5, 0.6) is 0 Å². The molecule has 0 radical (unpaired) electrons. The Labute approximate surface area is 82.2 Å². The molecule has 5 nitrogen and oxygen atoms in total. The van der Waals surface area contributed by atoms with E-state index < -0.39 is 6.04 Å². The summed E-state index contributed by atoms with van der Waals surface area (Å²) < 4.78 is 4.75. The van der Waals surface area contributed by atoms with Gasteiger partial charge in [-0.15, -0.1) is 0 Å². The minimum absolute atomic E-state index is 0.0775. The molecular formula is C9H14N2O3. The van der Waals surface area contributed by atoms with E-state index in [1.807, 2.05) is 0 Å². The normalized spacial score (nSPS) is 31.6. The Balaban J connectivity index is 1.84. The van der Waals surface area contributed by atoms with Gasteiger partial charge in [-0.1, -0.05) is 0 Å². The van der Waals surface area contributed by atoms with Crippen molar-refractivity contribution in [3.8, 4) is 0 Å². The Morgan fingerprint density at radius 1 is 1.50 bits per heavy atom. The summed E-state index contributed by atoms with van der Waals surface area (Å²) in [4.78, 5) is 22.6. The summed E-state index contributed by atoms with van der Waals surface area (Å²) in [5.41, 5.74) is 0. The van der Waals surface area contributed by atoms with E-state index in [1.54, 1.807) is 0 Å². The van der Waals surface area contributed by atoms with Crippen LogP contribution in [0.15, 0.2) is 0 Å². The van der Waals surface area contributed by atoms with E-state index in [2.05, 4.69) is 10.6 Å². The van der Waals surface area contributed by atoms with Gasteiger partial charge in [0.05, 0.1) is 12.6 Å². The monoisotopic (exact) mass is 198 g/mol.